The van der Waals surface area contributed by atoms with Gasteiger partial charge in [-0.1, -0.05) is 53.7 Å². The fourth-order valence-corrected chi connectivity index (χ4v) is 2.56. The molecule has 0 N–H and O–H groups in total. The molecule has 0 saturated carbocycles. The van der Waals surface area contributed by atoms with Crippen LogP contribution in [0.5, 0.6) is 0 Å². The maximum atomic E-state index is 12.7. The Kier molecular flexibility index (Phi) is 3.51. The third-order valence-corrected chi connectivity index (χ3v) is 3.68. The van der Waals surface area contributed by atoms with Crippen LogP contribution in [-0.4, -0.2) is 20.8 Å². The van der Waals surface area contributed by atoms with Gasteiger partial charge in [-0.15, -0.1) is 5.10 Å². The second-order valence-corrected chi connectivity index (χ2v) is 5.21. The summed E-state index contributed by atoms with van der Waals surface area (Å²) in [6.07, 6.45) is 1.47. The zero-order chi connectivity index (χ0) is 16.4. The van der Waals surface area contributed by atoms with Gasteiger partial charge in [0, 0.05) is 5.56 Å². The number of nitrogens with zero attached hydrogens (tertiary/aromatic N) is 3. The molecule has 0 atom stereocenters. The average Bonchev–Trinajstić information content (AvgIpc) is 3.32. The predicted molar refractivity (Wildman–Crippen MR) is 88.9 cm³/mol. The summed E-state index contributed by atoms with van der Waals surface area (Å²) >= 11 is 0. The molecule has 0 amide bonds. The van der Waals surface area contributed by atoms with Gasteiger partial charge in [0.15, 0.2) is 11.5 Å². The molecule has 0 spiro atoms. The molecule has 0 aliphatic heterocycles. The molecule has 0 saturated heterocycles. The number of para-hydroxylation sites is 1. The number of furan rings is 1. The standard InChI is InChI=1S/C19H13N3O2/c23-19(16-12-7-13-24-16)17-18(14-8-3-1-4-9-14)22(21-20-17)15-10-5-2-6-11-15/h1-13H. The summed E-state index contributed by atoms with van der Waals surface area (Å²) in [4.78, 5) is 12.7. The lowest BCUT2D eigenvalue weighted by atomic mass is 10.1. The summed E-state index contributed by atoms with van der Waals surface area (Å²) in [6.45, 7) is 0. The van der Waals surface area contributed by atoms with Crippen molar-refractivity contribution in [2.45, 2.75) is 0 Å². The fourth-order valence-electron chi connectivity index (χ4n) is 2.56. The minimum absolute atomic E-state index is 0.243. The van der Waals surface area contributed by atoms with Crippen molar-refractivity contribution in [3.63, 3.8) is 0 Å². The molecule has 0 aliphatic carbocycles. The molecule has 0 bridgehead atoms. The highest BCUT2D eigenvalue weighted by molar-refractivity contribution is 6.09. The van der Waals surface area contributed by atoms with E-state index in [4.69, 9.17) is 4.42 Å². The van der Waals surface area contributed by atoms with Crippen molar-refractivity contribution in [1.82, 2.24) is 15.0 Å². The minimum Gasteiger partial charge on any atom is -0.461 e. The molecule has 5 nitrogen and oxygen atoms in total. The van der Waals surface area contributed by atoms with E-state index >= 15 is 0 Å². The van der Waals surface area contributed by atoms with Gasteiger partial charge >= 0.3 is 0 Å². The van der Waals surface area contributed by atoms with Crippen LogP contribution in [0.15, 0.2) is 83.5 Å². The van der Waals surface area contributed by atoms with Gasteiger partial charge in [-0.05, 0) is 24.3 Å². The first kappa shape index (κ1) is 14.1. The van der Waals surface area contributed by atoms with Crippen molar-refractivity contribution in [3.05, 3.63) is 90.5 Å². The van der Waals surface area contributed by atoms with E-state index in [9.17, 15) is 4.79 Å². The van der Waals surface area contributed by atoms with E-state index in [-0.39, 0.29) is 17.2 Å². The predicted octanol–water partition coefficient (Wildman–Crippen LogP) is 3.76. The van der Waals surface area contributed by atoms with Crippen LogP contribution in [0.2, 0.25) is 0 Å². The quantitative estimate of drug-likeness (QED) is 0.538. The van der Waals surface area contributed by atoms with Crippen molar-refractivity contribution < 1.29 is 9.21 Å². The second kappa shape index (κ2) is 5.96. The van der Waals surface area contributed by atoms with E-state index in [1.54, 1.807) is 16.8 Å². The molecule has 2 aromatic heterocycles. The van der Waals surface area contributed by atoms with E-state index < -0.39 is 0 Å². The van der Waals surface area contributed by atoms with Crippen LogP contribution in [0.3, 0.4) is 0 Å². The topological polar surface area (TPSA) is 60.9 Å². The summed E-state index contributed by atoms with van der Waals surface area (Å²) in [5.74, 6) is -0.0478. The van der Waals surface area contributed by atoms with E-state index in [0.717, 1.165) is 11.3 Å². The third kappa shape index (κ3) is 2.42. The summed E-state index contributed by atoms with van der Waals surface area (Å²) in [6, 6.07) is 22.5. The number of benzene rings is 2. The molecule has 0 radical (unpaired) electrons. The third-order valence-electron chi connectivity index (χ3n) is 3.68. The summed E-state index contributed by atoms with van der Waals surface area (Å²) < 4.78 is 6.90. The van der Waals surface area contributed by atoms with Gasteiger partial charge in [0.1, 0.15) is 5.69 Å². The van der Waals surface area contributed by atoms with Crippen molar-refractivity contribution in [2.24, 2.45) is 0 Å². The van der Waals surface area contributed by atoms with Crippen molar-refractivity contribution in [2.75, 3.05) is 0 Å². The molecule has 5 heteroatoms. The van der Waals surface area contributed by atoms with E-state index in [2.05, 4.69) is 10.3 Å². The van der Waals surface area contributed by atoms with Crippen LogP contribution < -0.4 is 0 Å². The van der Waals surface area contributed by atoms with Crippen molar-refractivity contribution >= 4 is 5.78 Å². The molecular weight excluding hydrogens is 302 g/mol. The molecule has 116 valence electrons. The number of carbonyl (C=O) groups excluding carboxylic acids is 1. The minimum atomic E-state index is -0.291. The lowest BCUT2D eigenvalue weighted by molar-refractivity contribution is 0.100. The van der Waals surface area contributed by atoms with Gasteiger partial charge in [-0.2, -0.15) is 0 Å². The van der Waals surface area contributed by atoms with Crippen molar-refractivity contribution in [3.8, 4) is 16.9 Å². The highest BCUT2D eigenvalue weighted by Gasteiger charge is 2.24. The maximum absolute atomic E-state index is 12.7. The molecule has 0 fully saturated rings. The van der Waals surface area contributed by atoms with Gasteiger partial charge in [0.2, 0.25) is 0 Å². The highest BCUT2D eigenvalue weighted by atomic mass is 16.3. The molecule has 0 aliphatic rings. The van der Waals surface area contributed by atoms with E-state index in [0.29, 0.717) is 5.69 Å². The summed E-state index contributed by atoms with van der Waals surface area (Å²) in [7, 11) is 0. The number of aromatic nitrogens is 3. The number of rotatable bonds is 4. The molecule has 24 heavy (non-hydrogen) atoms. The van der Waals surface area contributed by atoms with Crippen LogP contribution in [0.25, 0.3) is 16.9 Å². The van der Waals surface area contributed by atoms with Crippen LogP contribution >= 0.6 is 0 Å². The molecule has 2 aromatic carbocycles. The SMILES string of the molecule is O=C(c1ccco1)c1nnn(-c2ccccc2)c1-c1ccccc1. The zero-order valence-electron chi connectivity index (χ0n) is 12.7. The van der Waals surface area contributed by atoms with Crippen LogP contribution in [0.4, 0.5) is 0 Å². The van der Waals surface area contributed by atoms with Gasteiger partial charge in [-0.25, -0.2) is 4.68 Å². The largest absolute Gasteiger partial charge is 0.461 e. The lowest BCUT2D eigenvalue weighted by Gasteiger charge is -2.07. The van der Waals surface area contributed by atoms with E-state index in [1.165, 1.54) is 6.26 Å². The van der Waals surface area contributed by atoms with Gasteiger partial charge in [-0.3, -0.25) is 4.79 Å². The number of hydrogen-bond donors (Lipinski definition) is 0. The molecule has 4 aromatic rings. The van der Waals surface area contributed by atoms with E-state index in [1.807, 2.05) is 60.7 Å². The average molecular weight is 315 g/mol. The second-order valence-electron chi connectivity index (χ2n) is 5.21. The Labute approximate surface area is 138 Å². The summed E-state index contributed by atoms with van der Waals surface area (Å²) in [5, 5.41) is 8.33. The van der Waals surface area contributed by atoms with Gasteiger partial charge in [0.05, 0.1) is 12.0 Å². The Hall–Kier alpha value is -3.47. The number of hydrogen-bond acceptors (Lipinski definition) is 4. The summed E-state index contributed by atoms with van der Waals surface area (Å²) in [5.41, 5.74) is 2.60. The monoisotopic (exact) mass is 315 g/mol. The molecule has 0 unspecified atom stereocenters. The Morgan fingerprint density at radius 3 is 2.25 bits per heavy atom. The van der Waals surface area contributed by atoms with Gasteiger partial charge < -0.3 is 4.42 Å². The van der Waals surface area contributed by atoms with Crippen LogP contribution in [-0.2, 0) is 0 Å². The molecule has 4 rings (SSSR count). The number of carbonyl (C=O) groups is 1. The van der Waals surface area contributed by atoms with Crippen LogP contribution in [0, 0.1) is 0 Å². The fraction of sp³-hybridized carbons (Fsp3) is 0. The van der Waals surface area contributed by atoms with Crippen molar-refractivity contribution in [1.29, 1.82) is 0 Å². The van der Waals surface area contributed by atoms with Crippen LogP contribution in [0.1, 0.15) is 16.2 Å². The molecular formula is C19H13N3O2. The smallest absolute Gasteiger partial charge is 0.250 e. The maximum Gasteiger partial charge on any atom is 0.250 e. The Morgan fingerprint density at radius 1 is 0.875 bits per heavy atom. The first-order valence-electron chi connectivity index (χ1n) is 7.49. The zero-order valence-corrected chi connectivity index (χ0v) is 12.7. The highest BCUT2D eigenvalue weighted by Crippen LogP contribution is 2.26. The Balaban J connectivity index is 1.92. The van der Waals surface area contributed by atoms with Gasteiger partial charge in [0.25, 0.3) is 5.78 Å². The normalized spacial score (nSPS) is 10.7. The first-order chi connectivity index (χ1) is 11.8. The molecule has 2 heterocycles. The Bertz CT molecular complexity index is 959. The lowest BCUT2D eigenvalue weighted by Crippen LogP contribution is -2.04. The Morgan fingerprint density at radius 2 is 1.58 bits per heavy atom. The number of ketones is 1. The first-order valence-corrected chi connectivity index (χ1v) is 7.49.